The van der Waals surface area contributed by atoms with Crippen LogP contribution in [0, 0.1) is 3.95 Å². The van der Waals surface area contributed by atoms with E-state index in [4.69, 9.17) is 17.3 Å². The maximum Gasteiger partial charge on any atom is 0.303 e. The largest absolute Gasteiger partial charge is 0.493 e. The molecule has 0 bridgehead atoms. The van der Waals surface area contributed by atoms with Gasteiger partial charge in [0.25, 0.3) is 0 Å². The number of carboxylic acids is 1. The molecule has 24 heavy (non-hydrogen) atoms. The number of hydrogen-bond donors (Lipinski definition) is 2. The van der Waals surface area contributed by atoms with Gasteiger partial charge in [-0.05, 0) is 36.8 Å². The maximum atomic E-state index is 12.0. The average molecular weight is 364 g/mol. The van der Waals surface area contributed by atoms with Crippen molar-refractivity contribution in [3.8, 4) is 5.88 Å². The van der Waals surface area contributed by atoms with Gasteiger partial charge in [0.2, 0.25) is 5.88 Å². The molecule has 0 aliphatic heterocycles. The van der Waals surface area contributed by atoms with E-state index in [1.165, 1.54) is 22.1 Å². The predicted molar refractivity (Wildman–Crippen MR) is 93.9 cm³/mol. The number of rotatable bonds is 8. The van der Waals surface area contributed by atoms with Crippen LogP contribution in [0.25, 0.3) is 6.08 Å². The number of nitrogens with zero attached hydrogens (tertiary/aromatic N) is 2. The van der Waals surface area contributed by atoms with Crippen LogP contribution in [-0.4, -0.2) is 31.5 Å². The molecule has 0 aromatic carbocycles. The van der Waals surface area contributed by atoms with Crippen LogP contribution in [0.2, 0.25) is 0 Å². The number of aromatic nitrogens is 2. The van der Waals surface area contributed by atoms with Crippen molar-refractivity contribution in [2.45, 2.75) is 25.8 Å². The minimum absolute atomic E-state index is 0.000431. The van der Waals surface area contributed by atoms with Gasteiger partial charge < -0.3 is 10.2 Å². The van der Waals surface area contributed by atoms with Gasteiger partial charge in [-0.15, -0.1) is 11.3 Å². The number of Topliss-reactive ketones (excluding diaryl/α,β-unsaturated/α-hetero) is 1. The van der Waals surface area contributed by atoms with Gasteiger partial charge in [0.05, 0.1) is 4.88 Å². The van der Waals surface area contributed by atoms with Crippen molar-refractivity contribution in [2.75, 3.05) is 0 Å². The summed E-state index contributed by atoms with van der Waals surface area (Å²) in [4.78, 5) is 27.0. The highest BCUT2D eigenvalue weighted by atomic mass is 32.1. The summed E-state index contributed by atoms with van der Waals surface area (Å²) in [5, 5.41) is 18.8. The summed E-state index contributed by atoms with van der Waals surface area (Å²) in [7, 11) is 0. The lowest BCUT2D eigenvalue weighted by atomic mass is 10.1. The topological polar surface area (TPSA) is 92.4 Å². The maximum absolute atomic E-state index is 12.0. The molecule has 8 heteroatoms. The van der Waals surface area contributed by atoms with Gasteiger partial charge in [-0.25, -0.2) is 0 Å². The molecule has 126 valence electrons. The number of allylic oxidation sites excluding steroid dienone is 1. The first kappa shape index (κ1) is 18.0. The highest BCUT2D eigenvalue weighted by molar-refractivity contribution is 7.73. The lowest BCUT2D eigenvalue weighted by Gasteiger charge is -2.02. The molecule has 0 saturated heterocycles. The highest BCUT2D eigenvalue weighted by Crippen LogP contribution is 2.28. The third-order valence-electron chi connectivity index (χ3n) is 3.22. The lowest BCUT2D eigenvalue weighted by molar-refractivity contribution is -0.137. The molecular formula is C16H16N2O4S2. The monoisotopic (exact) mass is 364 g/mol. The van der Waals surface area contributed by atoms with Gasteiger partial charge in [-0.1, -0.05) is 6.08 Å². The molecule has 0 radical (unpaired) electrons. The third-order valence-corrected chi connectivity index (χ3v) is 4.63. The third kappa shape index (κ3) is 4.84. The van der Waals surface area contributed by atoms with Crippen molar-refractivity contribution >= 4 is 41.4 Å². The molecular weight excluding hydrogens is 348 g/mol. The molecule has 0 aliphatic carbocycles. The number of aromatic hydroxyl groups is 1. The van der Waals surface area contributed by atoms with Gasteiger partial charge in [0.15, 0.2) is 9.74 Å². The first-order valence-electron chi connectivity index (χ1n) is 7.23. The van der Waals surface area contributed by atoms with E-state index in [1.807, 2.05) is 0 Å². The summed E-state index contributed by atoms with van der Waals surface area (Å²) >= 11 is 6.40. The van der Waals surface area contributed by atoms with E-state index < -0.39 is 5.97 Å². The molecule has 0 saturated carbocycles. The van der Waals surface area contributed by atoms with Crippen LogP contribution in [0.15, 0.2) is 30.6 Å². The number of pyridine rings is 1. The molecule has 2 rings (SSSR count). The number of thiazole rings is 1. The number of aliphatic carboxylic acids is 1. The van der Waals surface area contributed by atoms with Crippen molar-refractivity contribution in [1.29, 1.82) is 0 Å². The molecule has 2 aromatic rings. The number of ketones is 1. The Bertz CT molecular complexity index is 809. The number of carbonyl (C=O) groups excluding carboxylic acids is 1. The quantitative estimate of drug-likeness (QED) is 0.550. The minimum atomic E-state index is -0.884. The van der Waals surface area contributed by atoms with E-state index in [2.05, 4.69) is 4.98 Å². The molecule has 2 heterocycles. The fourth-order valence-electron chi connectivity index (χ4n) is 2.03. The fourth-order valence-corrected chi connectivity index (χ4v) is 3.32. The summed E-state index contributed by atoms with van der Waals surface area (Å²) in [5.41, 5.74) is 0.533. The normalized spacial score (nSPS) is 11.0. The summed E-state index contributed by atoms with van der Waals surface area (Å²) in [6.45, 7) is 0.343. The second-order valence-electron chi connectivity index (χ2n) is 4.98. The summed E-state index contributed by atoms with van der Waals surface area (Å²) < 4.78 is 1.97. The van der Waals surface area contributed by atoms with Gasteiger partial charge in [-0.3, -0.25) is 19.1 Å². The molecule has 0 fully saturated rings. The Morgan fingerprint density at radius 3 is 2.88 bits per heavy atom. The van der Waals surface area contributed by atoms with Gasteiger partial charge >= 0.3 is 5.97 Å². The zero-order valence-corrected chi connectivity index (χ0v) is 14.3. The smallest absolute Gasteiger partial charge is 0.303 e. The zero-order valence-electron chi connectivity index (χ0n) is 12.7. The molecule has 2 N–H and O–H groups in total. The van der Waals surface area contributed by atoms with Crippen molar-refractivity contribution in [1.82, 2.24) is 9.55 Å². The number of carbonyl (C=O) groups is 2. The first-order valence-corrected chi connectivity index (χ1v) is 8.45. The Morgan fingerprint density at radius 1 is 1.42 bits per heavy atom. The van der Waals surface area contributed by atoms with Crippen LogP contribution in [0.4, 0.5) is 0 Å². The lowest BCUT2D eigenvalue weighted by Crippen LogP contribution is -2.01. The minimum Gasteiger partial charge on any atom is -0.493 e. The van der Waals surface area contributed by atoms with Crippen LogP contribution in [0.3, 0.4) is 0 Å². The molecule has 0 amide bonds. The van der Waals surface area contributed by atoms with Crippen LogP contribution in [-0.2, 0) is 11.3 Å². The molecule has 0 spiro atoms. The molecule has 0 atom stereocenters. The van der Waals surface area contributed by atoms with Crippen molar-refractivity contribution in [3.05, 3.63) is 45.0 Å². The van der Waals surface area contributed by atoms with Gasteiger partial charge in [0.1, 0.15) is 0 Å². The summed E-state index contributed by atoms with van der Waals surface area (Å²) in [5.74, 6) is -0.950. The Kier molecular flexibility index (Phi) is 6.39. The van der Waals surface area contributed by atoms with Crippen LogP contribution in [0.1, 0.15) is 34.5 Å². The fraction of sp³-hybridized carbons (Fsp3) is 0.250. The zero-order chi connectivity index (χ0) is 17.5. The molecule has 0 unspecified atom stereocenters. The number of hydrogen-bond acceptors (Lipinski definition) is 6. The van der Waals surface area contributed by atoms with E-state index in [9.17, 15) is 14.7 Å². The molecule has 0 aliphatic rings. The second-order valence-corrected chi connectivity index (χ2v) is 6.65. The highest BCUT2D eigenvalue weighted by Gasteiger charge is 2.10. The number of carboxylic acid groups (broad SMARTS) is 1. The van der Waals surface area contributed by atoms with Crippen molar-refractivity contribution < 1.29 is 19.8 Å². The van der Waals surface area contributed by atoms with E-state index in [-0.39, 0.29) is 24.5 Å². The second kappa shape index (κ2) is 8.51. The Hall–Kier alpha value is -2.32. The standard InChI is InChI=1S/C16H16N2O4S2/c19-12(11-4-2-8-17-10-11)5-1-6-13-15(22)18(16(23)24-13)9-3-7-14(20)21/h1-2,4,6,8,10,22H,3,5,7,9H2,(H,20,21). The Morgan fingerprint density at radius 2 is 2.21 bits per heavy atom. The van der Waals surface area contributed by atoms with E-state index in [0.717, 1.165) is 0 Å². The molecule has 6 nitrogen and oxygen atoms in total. The molecule has 2 aromatic heterocycles. The van der Waals surface area contributed by atoms with Crippen LogP contribution < -0.4 is 0 Å². The Labute approximate surface area is 147 Å². The van der Waals surface area contributed by atoms with E-state index in [1.54, 1.807) is 30.5 Å². The van der Waals surface area contributed by atoms with Crippen LogP contribution in [0.5, 0.6) is 5.88 Å². The summed E-state index contributed by atoms with van der Waals surface area (Å²) in [6.07, 6.45) is 7.02. The van der Waals surface area contributed by atoms with E-state index in [0.29, 0.717) is 27.4 Å². The predicted octanol–water partition coefficient (Wildman–Crippen LogP) is 3.53. The Balaban J connectivity index is 2.01. The van der Waals surface area contributed by atoms with Crippen LogP contribution >= 0.6 is 23.6 Å². The summed E-state index contributed by atoms with van der Waals surface area (Å²) in [6, 6.07) is 3.40. The first-order chi connectivity index (χ1) is 11.5. The average Bonchev–Trinajstić information content (AvgIpc) is 2.83. The van der Waals surface area contributed by atoms with Gasteiger partial charge in [-0.2, -0.15) is 0 Å². The van der Waals surface area contributed by atoms with Crippen molar-refractivity contribution in [3.63, 3.8) is 0 Å². The SMILES string of the molecule is O=C(O)CCCn1c(O)c(C=CCC(=O)c2cccnc2)sc1=S. The van der Waals surface area contributed by atoms with Crippen molar-refractivity contribution in [2.24, 2.45) is 0 Å². The van der Waals surface area contributed by atoms with E-state index >= 15 is 0 Å². The van der Waals surface area contributed by atoms with Gasteiger partial charge in [0, 0.05) is 37.3 Å².